The highest BCUT2D eigenvalue weighted by Gasteiger charge is 2.26. The summed E-state index contributed by atoms with van der Waals surface area (Å²) in [6.45, 7) is 10.3. The summed E-state index contributed by atoms with van der Waals surface area (Å²) in [5.74, 6) is 0.407. The molecule has 29 heavy (non-hydrogen) atoms. The number of hydrogen-bond donors (Lipinski definition) is 1. The van der Waals surface area contributed by atoms with Crippen molar-refractivity contribution in [3.8, 4) is 0 Å². The highest BCUT2D eigenvalue weighted by atomic mass is 32.1. The van der Waals surface area contributed by atoms with Crippen molar-refractivity contribution in [2.45, 2.75) is 39.7 Å². The number of hydrogen-bond acceptors (Lipinski definition) is 6. The van der Waals surface area contributed by atoms with Crippen LogP contribution in [0.25, 0.3) is 0 Å². The number of pyridine rings is 1. The van der Waals surface area contributed by atoms with Crippen LogP contribution in [0.5, 0.6) is 0 Å². The van der Waals surface area contributed by atoms with Gasteiger partial charge in [-0.25, -0.2) is 9.78 Å². The van der Waals surface area contributed by atoms with E-state index in [4.69, 9.17) is 4.74 Å². The second-order valence-electron chi connectivity index (χ2n) is 7.94. The van der Waals surface area contributed by atoms with Gasteiger partial charge in [-0.2, -0.15) is 0 Å². The fourth-order valence-electron chi connectivity index (χ4n) is 3.11. The van der Waals surface area contributed by atoms with Crippen molar-refractivity contribution in [1.82, 2.24) is 9.88 Å². The van der Waals surface area contributed by atoms with Crippen LogP contribution in [0.15, 0.2) is 29.8 Å². The van der Waals surface area contributed by atoms with Crippen LogP contribution in [-0.2, 0) is 11.2 Å². The van der Waals surface area contributed by atoms with Gasteiger partial charge >= 0.3 is 6.09 Å². The standard InChI is InChI=1S/C21H28N4O3S/c1-5-15-8-13-29-18(15)19(26)23-17-7-6-16(14-22-17)24-9-11-25(12-10-24)20(27)28-21(2,3)4/h6-8,13-14H,5,9-12H2,1-4H3,(H,22,23,26). The number of thiophene rings is 1. The molecule has 2 aromatic rings. The molecular formula is C21H28N4O3S. The third kappa shape index (κ3) is 5.47. The first-order valence-corrected chi connectivity index (χ1v) is 10.7. The molecule has 0 aromatic carbocycles. The molecular weight excluding hydrogens is 388 g/mol. The number of ether oxygens (including phenoxy) is 1. The second kappa shape index (κ2) is 8.82. The average molecular weight is 417 g/mol. The second-order valence-corrected chi connectivity index (χ2v) is 8.85. The largest absolute Gasteiger partial charge is 0.444 e. The number of nitrogens with one attached hydrogen (secondary N) is 1. The highest BCUT2D eigenvalue weighted by molar-refractivity contribution is 7.12. The number of carbonyl (C=O) groups excluding carboxylic acids is 2. The lowest BCUT2D eigenvalue weighted by Crippen LogP contribution is -2.50. The predicted octanol–water partition coefficient (Wildman–Crippen LogP) is 4.01. The summed E-state index contributed by atoms with van der Waals surface area (Å²) < 4.78 is 5.43. The zero-order valence-corrected chi connectivity index (χ0v) is 18.2. The van der Waals surface area contributed by atoms with E-state index in [1.807, 2.05) is 51.3 Å². The van der Waals surface area contributed by atoms with Crippen molar-refractivity contribution in [3.63, 3.8) is 0 Å². The van der Waals surface area contributed by atoms with Gasteiger partial charge in [0.25, 0.3) is 5.91 Å². The highest BCUT2D eigenvalue weighted by Crippen LogP contribution is 2.21. The van der Waals surface area contributed by atoms with Crippen LogP contribution < -0.4 is 10.2 Å². The Morgan fingerprint density at radius 1 is 1.17 bits per heavy atom. The Kier molecular flexibility index (Phi) is 6.42. The Hall–Kier alpha value is -2.61. The molecule has 0 bridgehead atoms. The number of carbonyl (C=O) groups is 2. The van der Waals surface area contributed by atoms with Gasteiger partial charge in [-0.15, -0.1) is 11.3 Å². The molecule has 0 spiro atoms. The van der Waals surface area contributed by atoms with Crippen molar-refractivity contribution in [3.05, 3.63) is 40.2 Å². The number of amides is 2. The van der Waals surface area contributed by atoms with E-state index >= 15 is 0 Å². The van der Waals surface area contributed by atoms with Gasteiger partial charge in [0.05, 0.1) is 16.8 Å². The van der Waals surface area contributed by atoms with Crippen LogP contribution in [0, 0.1) is 0 Å². The molecule has 1 aliphatic heterocycles. The number of rotatable bonds is 4. The zero-order chi connectivity index (χ0) is 21.0. The van der Waals surface area contributed by atoms with Crippen LogP contribution in [0.3, 0.4) is 0 Å². The maximum absolute atomic E-state index is 12.4. The van der Waals surface area contributed by atoms with E-state index in [2.05, 4.69) is 15.2 Å². The van der Waals surface area contributed by atoms with Gasteiger partial charge in [-0.05, 0) is 56.3 Å². The fraction of sp³-hybridized carbons (Fsp3) is 0.476. The van der Waals surface area contributed by atoms with Crippen LogP contribution in [0.1, 0.15) is 42.9 Å². The molecule has 1 N–H and O–H groups in total. The molecule has 0 unspecified atom stereocenters. The van der Waals surface area contributed by atoms with Gasteiger partial charge in [0.2, 0.25) is 0 Å². The van der Waals surface area contributed by atoms with Crippen molar-refractivity contribution in [1.29, 1.82) is 0 Å². The molecule has 8 heteroatoms. The maximum atomic E-state index is 12.4. The van der Waals surface area contributed by atoms with E-state index in [0.717, 1.165) is 22.5 Å². The molecule has 156 valence electrons. The van der Waals surface area contributed by atoms with E-state index in [1.54, 1.807) is 11.1 Å². The molecule has 0 saturated carbocycles. The quantitative estimate of drug-likeness (QED) is 0.815. The molecule has 2 amide bonds. The monoisotopic (exact) mass is 416 g/mol. The van der Waals surface area contributed by atoms with Crippen molar-refractivity contribution >= 4 is 34.8 Å². The topological polar surface area (TPSA) is 74.8 Å². The normalized spacial score (nSPS) is 14.6. The molecule has 3 rings (SSSR count). The van der Waals surface area contributed by atoms with Gasteiger partial charge in [-0.1, -0.05) is 6.92 Å². The Labute approximate surface area is 175 Å². The minimum absolute atomic E-state index is 0.122. The molecule has 3 heterocycles. The van der Waals surface area contributed by atoms with Gasteiger partial charge in [0.15, 0.2) is 0 Å². The number of anilines is 2. The summed E-state index contributed by atoms with van der Waals surface area (Å²) in [6, 6.07) is 5.74. The van der Waals surface area contributed by atoms with Crippen LogP contribution in [0.4, 0.5) is 16.3 Å². The summed E-state index contributed by atoms with van der Waals surface area (Å²) in [6.07, 6.45) is 2.32. The van der Waals surface area contributed by atoms with Gasteiger partial charge < -0.3 is 19.9 Å². The number of aryl methyl sites for hydroxylation is 1. The Balaban J connectivity index is 1.55. The summed E-state index contributed by atoms with van der Waals surface area (Å²) >= 11 is 1.44. The van der Waals surface area contributed by atoms with E-state index in [1.165, 1.54) is 11.3 Å². The third-order valence-corrected chi connectivity index (χ3v) is 5.58. The average Bonchev–Trinajstić information content (AvgIpc) is 3.16. The van der Waals surface area contributed by atoms with Crippen LogP contribution >= 0.6 is 11.3 Å². The summed E-state index contributed by atoms with van der Waals surface area (Å²) in [5.41, 5.74) is 1.53. The number of aromatic nitrogens is 1. The lowest BCUT2D eigenvalue weighted by Gasteiger charge is -2.36. The third-order valence-electron chi connectivity index (χ3n) is 4.62. The molecule has 7 nitrogen and oxygen atoms in total. The zero-order valence-electron chi connectivity index (χ0n) is 17.4. The predicted molar refractivity (Wildman–Crippen MR) is 116 cm³/mol. The van der Waals surface area contributed by atoms with E-state index in [0.29, 0.717) is 32.0 Å². The molecule has 0 radical (unpaired) electrons. The lowest BCUT2D eigenvalue weighted by atomic mass is 10.2. The number of piperazine rings is 1. The summed E-state index contributed by atoms with van der Waals surface area (Å²) in [4.78, 5) is 33.6. The molecule has 0 atom stereocenters. The first-order valence-electron chi connectivity index (χ1n) is 9.83. The van der Waals surface area contributed by atoms with E-state index in [9.17, 15) is 9.59 Å². The van der Waals surface area contributed by atoms with Crippen molar-refractivity contribution < 1.29 is 14.3 Å². The SMILES string of the molecule is CCc1ccsc1C(=O)Nc1ccc(N2CCN(C(=O)OC(C)(C)C)CC2)cn1. The maximum Gasteiger partial charge on any atom is 0.410 e. The van der Waals surface area contributed by atoms with E-state index in [-0.39, 0.29) is 12.0 Å². The Bertz CT molecular complexity index is 850. The van der Waals surface area contributed by atoms with Gasteiger partial charge in [0, 0.05) is 26.2 Å². The molecule has 2 aromatic heterocycles. The molecule has 1 fully saturated rings. The van der Waals surface area contributed by atoms with Crippen LogP contribution in [-0.4, -0.2) is 53.7 Å². The molecule has 1 saturated heterocycles. The smallest absolute Gasteiger partial charge is 0.410 e. The van der Waals surface area contributed by atoms with Crippen molar-refractivity contribution in [2.75, 3.05) is 36.4 Å². The van der Waals surface area contributed by atoms with Crippen LogP contribution in [0.2, 0.25) is 0 Å². The number of nitrogens with zero attached hydrogens (tertiary/aromatic N) is 3. The van der Waals surface area contributed by atoms with Gasteiger partial charge in [0.1, 0.15) is 11.4 Å². The fourth-order valence-corrected chi connectivity index (χ4v) is 4.00. The summed E-state index contributed by atoms with van der Waals surface area (Å²) in [7, 11) is 0. The lowest BCUT2D eigenvalue weighted by molar-refractivity contribution is 0.0240. The Morgan fingerprint density at radius 3 is 2.48 bits per heavy atom. The molecule has 0 aliphatic carbocycles. The first-order chi connectivity index (χ1) is 13.8. The minimum atomic E-state index is -0.487. The van der Waals surface area contributed by atoms with E-state index < -0.39 is 5.60 Å². The first kappa shape index (κ1) is 21.1. The van der Waals surface area contributed by atoms with Crippen molar-refractivity contribution in [2.24, 2.45) is 0 Å². The summed E-state index contributed by atoms with van der Waals surface area (Å²) in [5, 5.41) is 4.80. The van der Waals surface area contributed by atoms with Gasteiger partial charge in [-0.3, -0.25) is 4.79 Å². The molecule has 1 aliphatic rings. The minimum Gasteiger partial charge on any atom is -0.444 e. The Morgan fingerprint density at radius 2 is 1.90 bits per heavy atom.